The third kappa shape index (κ3) is 19.3. The number of hydrogen-bond donors (Lipinski definition) is 12. The van der Waals surface area contributed by atoms with Crippen molar-refractivity contribution in [2.24, 2.45) is 41.4 Å². The highest BCUT2D eigenvalue weighted by Crippen LogP contribution is 2.41. The highest BCUT2D eigenvalue weighted by Gasteiger charge is 2.56. The molecular formula is C62H100O24. The van der Waals surface area contributed by atoms with Crippen molar-refractivity contribution in [1.29, 1.82) is 0 Å². The molecular weight excluding hydrogens is 1130 g/mol. The van der Waals surface area contributed by atoms with Gasteiger partial charge in [0.1, 0.15) is 42.7 Å². The van der Waals surface area contributed by atoms with Gasteiger partial charge in [0, 0.05) is 81.8 Å². The summed E-state index contributed by atoms with van der Waals surface area (Å²) in [4.78, 5) is 53.0. The van der Waals surface area contributed by atoms with Gasteiger partial charge >= 0.3 is 17.9 Å². The fraction of sp³-hybridized carbons (Fsp3) is 0.806. The van der Waals surface area contributed by atoms with Crippen molar-refractivity contribution < 1.29 is 118 Å². The molecule has 4 aliphatic heterocycles. The molecule has 12 N–H and O–H groups in total. The number of aliphatic hydroxyl groups is 10. The zero-order chi connectivity index (χ0) is 64.2. The van der Waals surface area contributed by atoms with E-state index >= 15 is 0 Å². The number of ketones is 1. The molecule has 5 rings (SSSR count). The summed E-state index contributed by atoms with van der Waals surface area (Å²) in [7, 11) is 1.45. The maximum Gasteiger partial charge on any atom is 0.338 e. The molecule has 24 nitrogen and oxygen atoms in total. The molecule has 3 fully saturated rings. The Balaban J connectivity index is 1.32. The van der Waals surface area contributed by atoms with E-state index in [1.54, 1.807) is 55.4 Å². The SMILES string of the molecule is CC[C@H](O[C@@H]1C[C@H](OC(=O)c2ccc(O)c(O)c2)[C@@H](OC)[C@H](C)O1)[C@H](C)[C@H](O)[C@@H](C)[C@H](O)[C@H](C)[C@@H]1OC(=O)/C=C/[C@H](C)[C@H](O)C[C@H](O)[C@@H](C)CCC[C@@H](C)[C@H](O)C(=O)[C@@]2(O)O[C@@H](C[C@@H](OC(C)=O)C[C@H](O)CCC[C@H](O)[C@H]3O[C@@H]3[C@H]1C)C[C@H](O)[C@H]2O. The van der Waals surface area contributed by atoms with E-state index in [2.05, 4.69) is 0 Å². The zero-order valence-corrected chi connectivity index (χ0v) is 51.6. The molecule has 0 aliphatic carbocycles. The average molecular weight is 1230 g/mol. The monoisotopic (exact) mass is 1230 g/mol. The van der Waals surface area contributed by atoms with Crippen LogP contribution in [0.4, 0.5) is 0 Å². The lowest BCUT2D eigenvalue weighted by Gasteiger charge is -2.44. The van der Waals surface area contributed by atoms with Crippen LogP contribution in [0, 0.1) is 41.4 Å². The smallest absolute Gasteiger partial charge is 0.338 e. The zero-order valence-electron chi connectivity index (χ0n) is 51.6. The molecule has 4 heterocycles. The predicted octanol–water partition coefficient (Wildman–Crippen LogP) is 3.01. The summed E-state index contributed by atoms with van der Waals surface area (Å²) in [5.41, 5.74) is -0.00680. The summed E-state index contributed by atoms with van der Waals surface area (Å²) in [6.07, 6.45) is -17.3. The molecule has 0 radical (unpaired) electrons. The van der Waals surface area contributed by atoms with Crippen LogP contribution in [0.5, 0.6) is 11.5 Å². The summed E-state index contributed by atoms with van der Waals surface area (Å²) in [6, 6.07) is 3.55. The maximum absolute atomic E-state index is 13.8. The van der Waals surface area contributed by atoms with Gasteiger partial charge in [0.15, 0.2) is 17.8 Å². The number of aromatic hydroxyl groups is 2. The third-order valence-electron chi connectivity index (χ3n) is 18.4. The van der Waals surface area contributed by atoms with Crippen LogP contribution >= 0.6 is 0 Å². The number of fused-ring (bicyclic) bond motifs is 3. The van der Waals surface area contributed by atoms with Gasteiger partial charge in [-0.15, -0.1) is 0 Å². The van der Waals surface area contributed by atoms with Gasteiger partial charge in [0.25, 0.3) is 5.79 Å². The second-order valence-corrected chi connectivity index (χ2v) is 25.1. The number of benzene rings is 1. The van der Waals surface area contributed by atoms with Gasteiger partial charge in [0.05, 0.1) is 72.7 Å². The fourth-order valence-corrected chi connectivity index (χ4v) is 12.6. The van der Waals surface area contributed by atoms with E-state index in [0.29, 0.717) is 19.3 Å². The Kier molecular flexibility index (Phi) is 27.7. The van der Waals surface area contributed by atoms with Crippen molar-refractivity contribution in [3.8, 4) is 11.5 Å². The number of hydrogen-bond acceptors (Lipinski definition) is 24. The van der Waals surface area contributed by atoms with Crippen molar-refractivity contribution >= 4 is 23.7 Å². The number of carbonyl (C=O) groups excluding carboxylic acids is 4. The summed E-state index contributed by atoms with van der Waals surface area (Å²) < 4.78 is 47.5. The van der Waals surface area contributed by atoms with Crippen molar-refractivity contribution in [3.63, 3.8) is 0 Å². The van der Waals surface area contributed by atoms with Crippen molar-refractivity contribution in [3.05, 3.63) is 35.9 Å². The largest absolute Gasteiger partial charge is 0.504 e. The number of phenolic OH excluding ortho intramolecular Hbond substituents is 2. The van der Waals surface area contributed by atoms with Crippen molar-refractivity contribution in [1.82, 2.24) is 0 Å². The number of ether oxygens (including phenoxy) is 8. The summed E-state index contributed by atoms with van der Waals surface area (Å²) in [5, 5.41) is 133. The number of aliphatic hydroxyl groups excluding tert-OH is 9. The van der Waals surface area contributed by atoms with Crippen LogP contribution in [0.1, 0.15) is 157 Å². The summed E-state index contributed by atoms with van der Waals surface area (Å²) >= 11 is 0. The highest BCUT2D eigenvalue weighted by atomic mass is 16.7. The molecule has 0 spiro atoms. The Morgan fingerprint density at radius 1 is 0.744 bits per heavy atom. The van der Waals surface area contributed by atoms with Crippen molar-refractivity contribution in [2.45, 2.75) is 268 Å². The molecule has 0 amide bonds. The number of epoxide rings is 1. The second-order valence-electron chi connectivity index (χ2n) is 25.1. The molecule has 2 bridgehead atoms. The number of rotatable bonds is 13. The number of phenols is 2. The molecule has 0 unspecified atom stereocenters. The molecule has 1 aromatic carbocycles. The Labute approximate surface area is 504 Å². The van der Waals surface area contributed by atoms with Gasteiger partial charge in [-0.05, 0) is 75.5 Å². The Morgan fingerprint density at radius 3 is 2.05 bits per heavy atom. The molecule has 24 heteroatoms. The first-order valence-electron chi connectivity index (χ1n) is 30.7. The quantitative estimate of drug-likeness (QED) is 0.0584. The predicted molar refractivity (Wildman–Crippen MR) is 306 cm³/mol. The molecule has 4 aliphatic rings. The minimum absolute atomic E-state index is 0.00680. The molecule has 3 saturated heterocycles. The molecule has 492 valence electrons. The van der Waals surface area contributed by atoms with Gasteiger partial charge in [-0.3, -0.25) is 9.59 Å². The van der Waals surface area contributed by atoms with Gasteiger partial charge < -0.3 is 99.2 Å². The van der Waals surface area contributed by atoms with E-state index in [1.807, 2.05) is 6.92 Å². The first-order valence-corrected chi connectivity index (χ1v) is 30.7. The maximum atomic E-state index is 13.8. The van der Waals surface area contributed by atoms with Crippen LogP contribution in [-0.2, 0) is 52.3 Å². The summed E-state index contributed by atoms with van der Waals surface area (Å²) in [5.74, 6) is -12.4. The van der Waals surface area contributed by atoms with Crippen LogP contribution in [0.2, 0.25) is 0 Å². The minimum Gasteiger partial charge on any atom is -0.504 e. The first kappa shape index (κ1) is 72.8. The van der Waals surface area contributed by atoms with E-state index in [4.69, 9.17) is 37.9 Å². The Morgan fingerprint density at radius 2 is 1.41 bits per heavy atom. The fourth-order valence-electron chi connectivity index (χ4n) is 12.6. The molecule has 86 heavy (non-hydrogen) atoms. The van der Waals surface area contributed by atoms with E-state index < -0.39 is 193 Å². The summed E-state index contributed by atoms with van der Waals surface area (Å²) in [6.45, 7) is 16.5. The topological polar surface area (TPSA) is 388 Å². The van der Waals surface area contributed by atoms with E-state index in [1.165, 1.54) is 19.3 Å². The molecule has 0 saturated carbocycles. The Hall–Kier alpha value is -3.96. The molecule has 1 aromatic rings. The number of Topliss-reactive ketones (excluding diaryl/α,β-unsaturated/α-hetero) is 1. The lowest BCUT2D eigenvalue weighted by molar-refractivity contribution is -0.309. The normalized spacial score (nSPS) is 39.6. The number of methoxy groups -OCH3 is 1. The van der Waals surface area contributed by atoms with Crippen LogP contribution < -0.4 is 0 Å². The first-order chi connectivity index (χ1) is 40.3. The van der Waals surface area contributed by atoms with Crippen LogP contribution in [0.3, 0.4) is 0 Å². The average Bonchev–Trinajstić information content (AvgIpc) is 2.13. The molecule has 27 atom stereocenters. The van der Waals surface area contributed by atoms with Crippen LogP contribution in [-0.4, -0.2) is 214 Å². The number of cyclic esters (lactones) is 1. The lowest BCUT2D eigenvalue weighted by Crippen LogP contribution is -2.65. The lowest BCUT2D eigenvalue weighted by atomic mass is 9.77. The number of esters is 3. The molecule has 0 aromatic heterocycles. The van der Waals surface area contributed by atoms with Crippen LogP contribution in [0.15, 0.2) is 30.4 Å². The van der Waals surface area contributed by atoms with E-state index in [9.17, 15) is 80.5 Å². The van der Waals surface area contributed by atoms with Gasteiger partial charge in [-0.25, -0.2) is 9.59 Å². The standard InChI is InChI=1S/C62H100O24/c1-12-48(82-51-28-49(57(79-11)36(9)80-51)83-61(77)38-20-21-42(65)46(69)23-38)32(5)53(73)33(6)54(74)34(7)55-35(8)56-58(85-56)43(66)18-14-17-39(64)24-40(81-37(10)63)25-41-26-47(70)59(75)62(78,86-41)60(76)52(72)31(4)16-13-15-29(2)44(67)27-45(68)30(3)19-22-50(71)84-55/h19-23,29-36,39-41,43-45,47-49,51-59,64-70,72-75,78H,12-18,24-28H2,1-11H3/b22-19+/t29-,30-,31+,32-,33+,34-,35-,36-,39+,40-,41-,43-,44-,45+,47-,48-,49-,51+,52-,53-,54-,55-,56+,57-,58+,59+,62-/m0/s1. The van der Waals surface area contributed by atoms with Crippen LogP contribution in [0.25, 0.3) is 0 Å². The van der Waals surface area contributed by atoms with E-state index in [-0.39, 0.29) is 69.3 Å². The van der Waals surface area contributed by atoms with Gasteiger partial charge in [-0.1, -0.05) is 67.9 Å². The number of carbonyl (C=O) groups is 4. The van der Waals surface area contributed by atoms with Gasteiger partial charge in [0.2, 0.25) is 5.78 Å². The van der Waals surface area contributed by atoms with Gasteiger partial charge in [-0.2, -0.15) is 0 Å². The minimum atomic E-state index is -3.04. The Bertz CT molecular complexity index is 2340. The third-order valence-corrected chi connectivity index (χ3v) is 18.4. The second kappa shape index (κ2) is 32.7. The highest BCUT2D eigenvalue weighted by molar-refractivity contribution is 5.91. The van der Waals surface area contributed by atoms with Crippen molar-refractivity contribution in [2.75, 3.05) is 7.11 Å². The van der Waals surface area contributed by atoms with E-state index in [0.717, 1.165) is 25.1 Å².